The van der Waals surface area contributed by atoms with Crippen molar-refractivity contribution in [2.24, 2.45) is 0 Å². The molecule has 0 radical (unpaired) electrons. The summed E-state index contributed by atoms with van der Waals surface area (Å²) in [5.74, 6) is 0.327. The molecule has 0 unspecified atom stereocenters. The van der Waals surface area contributed by atoms with Gasteiger partial charge in [0.05, 0.1) is 0 Å². The molecule has 8 nitrogen and oxygen atoms in total. The Balaban J connectivity index is 2.04. The molecular weight excluding hydrogens is 408 g/mol. The van der Waals surface area contributed by atoms with Crippen LogP contribution in [0.15, 0.2) is 15.6 Å². The normalized spacial score (nSPS) is 15.5. The summed E-state index contributed by atoms with van der Waals surface area (Å²) in [5, 5.41) is 9.02. The highest BCUT2D eigenvalue weighted by atomic mass is 79.9. The van der Waals surface area contributed by atoms with Crippen molar-refractivity contribution in [1.82, 2.24) is 14.5 Å². The molecule has 0 saturated carbocycles. The lowest BCUT2D eigenvalue weighted by atomic mass is 10.3. The van der Waals surface area contributed by atoms with Crippen LogP contribution in [0.2, 0.25) is 25.7 Å². The summed E-state index contributed by atoms with van der Waals surface area (Å²) in [6.45, 7) is 9.26. The molecule has 1 aromatic heterocycles. The second kappa shape index (κ2) is 8.32. The molecule has 0 aliphatic carbocycles. The molecule has 1 amide bonds. The van der Waals surface area contributed by atoms with Gasteiger partial charge in [-0.1, -0.05) is 19.6 Å². The van der Waals surface area contributed by atoms with Gasteiger partial charge in [-0.05, 0) is 22.0 Å². The predicted molar refractivity (Wildman–Crippen MR) is 102 cm³/mol. The maximum Gasteiger partial charge on any atom is 0.407 e. The number of hydrogen-bond donors (Lipinski definition) is 1. The maximum atomic E-state index is 12.7. The van der Waals surface area contributed by atoms with E-state index in [-0.39, 0.29) is 12.3 Å². The van der Waals surface area contributed by atoms with Gasteiger partial charge in [0.1, 0.15) is 11.3 Å². The number of nitrogens with zero attached hydrogens (tertiary/aromatic N) is 4. The summed E-state index contributed by atoms with van der Waals surface area (Å²) in [5.41, 5.74) is -0.222. The Kier molecular flexibility index (Phi) is 6.63. The Morgan fingerprint density at radius 2 is 1.96 bits per heavy atom. The lowest BCUT2D eigenvalue weighted by molar-refractivity contribution is 0.0844. The molecule has 0 aromatic carbocycles. The van der Waals surface area contributed by atoms with Crippen molar-refractivity contribution in [1.29, 1.82) is 0 Å². The zero-order valence-electron chi connectivity index (χ0n) is 14.9. The molecule has 10 heteroatoms. The molecule has 2 heterocycles. The molecule has 1 saturated heterocycles. The van der Waals surface area contributed by atoms with Crippen molar-refractivity contribution in [3.05, 3.63) is 21.2 Å². The van der Waals surface area contributed by atoms with E-state index < -0.39 is 14.2 Å². The second-order valence-corrected chi connectivity index (χ2v) is 13.7. The molecule has 1 aromatic rings. The van der Waals surface area contributed by atoms with Crippen LogP contribution in [-0.4, -0.2) is 66.5 Å². The van der Waals surface area contributed by atoms with Crippen LogP contribution in [0.25, 0.3) is 0 Å². The zero-order chi connectivity index (χ0) is 18.6. The highest BCUT2D eigenvalue weighted by Gasteiger charge is 2.24. The molecule has 1 fully saturated rings. The van der Waals surface area contributed by atoms with Gasteiger partial charge in [0.25, 0.3) is 5.56 Å². The molecule has 0 spiro atoms. The maximum absolute atomic E-state index is 12.7. The number of piperazine rings is 1. The zero-order valence-corrected chi connectivity index (χ0v) is 17.5. The standard InChI is InChI=1S/C15H25BrN4O4Si/c1-25(2,3)9-8-24-11-20-10-12(16)17-13(14(20)21)18-4-6-19(7-5-18)15(22)23/h10H,4-9,11H2,1-3H3,(H,22,23). The summed E-state index contributed by atoms with van der Waals surface area (Å²) in [6, 6.07) is 1.04. The minimum atomic E-state index is -1.17. The van der Waals surface area contributed by atoms with E-state index in [0.717, 1.165) is 6.04 Å². The first kappa shape index (κ1) is 19.9. The summed E-state index contributed by atoms with van der Waals surface area (Å²) >= 11 is 3.34. The lowest BCUT2D eigenvalue weighted by Gasteiger charge is -2.33. The minimum absolute atomic E-state index is 0.187. The van der Waals surface area contributed by atoms with E-state index in [4.69, 9.17) is 9.84 Å². The van der Waals surface area contributed by atoms with Gasteiger partial charge in [0.2, 0.25) is 0 Å². The SMILES string of the molecule is C[Si](C)(C)CCOCn1cc(Br)nc(N2CCN(C(=O)O)CC2)c1=O. The predicted octanol–water partition coefficient (Wildman–Crippen LogP) is 2.12. The van der Waals surface area contributed by atoms with E-state index in [1.807, 2.05) is 4.90 Å². The van der Waals surface area contributed by atoms with Crippen LogP contribution in [0.3, 0.4) is 0 Å². The first-order chi connectivity index (χ1) is 11.7. The number of hydrogen-bond acceptors (Lipinski definition) is 5. The van der Waals surface area contributed by atoms with Gasteiger partial charge < -0.3 is 19.6 Å². The van der Waals surface area contributed by atoms with Crippen LogP contribution in [-0.2, 0) is 11.5 Å². The van der Waals surface area contributed by atoms with Crippen LogP contribution in [0.4, 0.5) is 10.6 Å². The number of aromatic nitrogens is 2. The molecule has 1 aliphatic heterocycles. The largest absolute Gasteiger partial charge is 0.465 e. The van der Waals surface area contributed by atoms with Gasteiger partial charge in [-0.15, -0.1) is 0 Å². The third-order valence-electron chi connectivity index (χ3n) is 4.00. The highest BCUT2D eigenvalue weighted by Crippen LogP contribution is 2.14. The third-order valence-corrected chi connectivity index (χ3v) is 6.09. The Morgan fingerprint density at radius 1 is 1.32 bits per heavy atom. The molecule has 0 bridgehead atoms. The number of carboxylic acid groups (broad SMARTS) is 1. The summed E-state index contributed by atoms with van der Waals surface area (Å²) in [4.78, 5) is 31.1. The van der Waals surface area contributed by atoms with Crippen LogP contribution in [0.1, 0.15) is 0 Å². The van der Waals surface area contributed by atoms with E-state index in [1.165, 1.54) is 9.47 Å². The molecule has 1 N–H and O–H groups in total. The van der Waals surface area contributed by atoms with Gasteiger partial charge >= 0.3 is 6.09 Å². The summed E-state index contributed by atoms with van der Waals surface area (Å²) in [6.07, 6.45) is 0.684. The molecule has 1 aliphatic rings. The van der Waals surface area contributed by atoms with Gasteiger partial charge in [-0.2, -0.15) is 0 Å². The number of amides is 1. The quantitative estimate of drug-likeness (QED) is 0.546. The number of anilines is 1. The first-order valence-corrected chi connectivity index (χ1v) is 12.7. The van der Waals surface area contributed by atoms with Crippen molar-refractivity contribution in [3.63, 3.8) is 0 Å². The fourth-order valence-corrected chi connectivity index (χ4v) is 3.62. The Morgan fingerprint density at radius 3 is 2.52 bits per heavy atom. The average molecular weight is 433 g/mol. The van der Waals surface area contributed by atoms with Crippen molar-refractivity contribution in [2.75, 3.05) is 37.7 Å². The fraction of sp³-hybridized carbons (Fsp3) is 0.667. The number of rotatable bonds is 6. The van der Waals surface area contributed by atoms with Crippen LogP contribution >= 0.6 is 15.9 Å². The van der Waals surface area contributed by atoms with Crippen molar-refractivity contribution >= 4 is 35.9 Å². The topological polar surface area (TPSA) is 87.9 Å². The van der Waals surface area contributed by atoms with Crippen LogP contribution in [0, 0.1) is 0 Å². The lowest BCUT2D eigenvalue weighted by Crippen LogP contribution is -2.50. The van der Waals surface area contributed by atoms with E-state index in [0.29, 0.717) is 43.2 Å². The van der Waals surface area contributed by atoms with Gasteiger partial charge in [0.15, 0.2) is 5.82 Å². The Hall–Kier alpha value is -1.39. The van der Waals surface area contributed by atoms with E-state index in [1.54, 1.807) is 6.20 Å². The average Bonchev–Trinajstić information content (AvgIpc) is 2.53. The first-order valence-electron chi connectivity index (χ1n) is 8.25. The smallest absolute Gasteiger partial charge is 0.407 e. The van der Waals surface area contributed by atoms with E-state index in [9.17, 15) is 9.59 Å². The molecule has 25 heavy (non-hydrogen) atoms. The molecular formula is C15H25BrN4O4Si. The van der Waals surface area contributed by atoms with E-state index in [2.05, 4.69) is 40.6 Å². The van der Waals surface area contributed by atoms with Crippen LogP contribution < -0.4 is 10.5 Å². The van der Waals surface area contributed by atoms with Gasteiger partial charge in [-0.3, -0.25) is 9.36 Å². The van der Waals surface area contributed by atoms with Crippen molar-refractivity contribution in [2.45, 2.75) is 32.4 Å². The number of carbonyl (C=O) groups is 1. The summed E-state index contributed by atoms with van der Waals surface area (Å²) in [7, 11) is -1.17. The highest BCUT2D eigenvalue weighted by molar-refractivity contribution is 9.10. The van der Waals surface area contributed by atoms with Gasteiger partial charge in [0, 0.05) is 47.1 Å². The minimum Gasteiger partial charge on any atom is -0.465 e. The second-order valence-electron chi connectivity index (χ2n) is 7.27. The Labute approximate surface area is 156 Å². The Bertz CT molecular complexity index is 668. The molecule has 2 rings (SSSR count). The fourth-order valence-electron chi connectivity index (χ4n) is 2.45. The van der Waals surface area contributed by atoms with Crippen molar-refractivity contribution < 1.29 is 14.6 Å². The third kappa shape index (κ3) is 5.82. The number of halogens is 1. The monoisotopic (exact) mass is 432 g/mol. The van der Waals surface area contributed by atoms with E-state index >= 15 is 0 Å². The number of ether oxygens (including phenoxy) is 1. The van der Waals surface area contributed by atoms with Gasteiger partial charge in [-0.25, -0.2) is 9.78 Å². The van der Waals surface area contributed by atoms with Crippen LogP contribution in [0.5, 0.6) is 0 Å². The molecule has 140 valence electrons. The van der Waals surface area contributed by atoms with Crippen molar-refractivity contribution in [3.8, 4) is 0 Å². The summed E-state index contributed by atoms with van der Waals surface area (Å²) < 4.78 is 7.72. The molecule has 0 atom stereocenters.